The Bertz CT molecular complexity index is 1160. The van der Waals surface area contributed by atoms with Gasteiger partial charge in [-0.2, -0.15) is 5.26 Å². The maximum absolute atomic E-state index is 13.8. The van der Waals surface area contributed by atoms with E-state index in [9.17, 15) is 4.39 Å². The normalized spacial score (nSPS) is 10.8. The van der Waals surface area contributed by atoms with Gasteiger partial charge in [-0.15, -0.1) is 11.3 Å². The maximum Gasteiger partial charge on any atom is 0.163 e. The summed E-state index contributed by atoms with van der Waals surface area (Å²) in [5, 5.41) is 9.79. The summed E-state index contributed by atoms with van der Waals surface area (Å²) in [4.78, 5) is 14.6. The van der Waals surface area contributed by atoms with Gasteiger partial charge < -0.3 is 5.73 Å². The second-order valence-electron chi connectivity index (χ2n) is 5.67. The van der Waals surface area contributed by atoms with E-state index in [1.165, 1.54) is 17.4 Å². The van der Waals surface area contributed by atoms with Crippen LogP contribution in [0.4, 0.5) is 10.2 Å². The van der Waals surface area contributed by atoms with Crippen molar-refractivity contribution in [1.82, 2.24) is 15.0 Å². The van der Waals surface area contributed by atoms with Crippen LogP contribution in [0, 0.1) is 17.1 Å². The predicted molar refractivity (Wildman–Crippen MR) is 99.0 cm³/mol. The highest BCUT2D eigenvalue weighted by Crippen LogP contribution is 2.31. The van der Waals surface area contributed by atoms with Gasteiger partial charge in [-0.25, -0.2) is 14.4 Å². The molecule has 0 radical (unpaired) electrons. The fraction of sp³-hybridized carbons (Fsp3) is 0.0526. The van der Waals surface area contributed by atoms with Crippen molar-refractivity contribution in [3.8, 4) is 17.5 Å². The maximum atomic E-state index is 13.8. The minimum absolute atomic E-state index is 0.335. The summed E-state index contributed by atoms with van der Waals surface area (Å²) < 4.78 is 13.8. The third kappa shape index (κ3) is 2.98. The first kappa shape index (κ1) is 16.1. The van der Waals surface area contributed by atoms with Gasteiger partial charge in [0.2, 0.25) is 0 Å². The van der Waals surface area contributed by atoms with E-state index in [1.54, 1.807) is 30.5 Å². The number of hydrogen-bond acceptors (Lipinski definition) is 6. The van der Waals surface area contributed by atoms with Crippen LogP contribution in [0.1, 0.15) is 16.1 Å². The standard InChI is InChI=1S/C19H12FN5S/c20-15-5-2-6-23-16(15)9-13-8-14-17(22)24-18(25-19(14)26-13)12-4-1-3-11(7-12)10-21/h1-8H,9H2,(H2,22,24,25). The fourth-order valence-corrected chi connectivity index (χ4v) is 3.69. The number of pyridine rings is 1. The van der Waals surface area contributed by atoms with Crippen LogP contribution >= 0.6 is 11.3 Å². The second kappa shape index (κ2) is 6.50. The van der Waals surface area contributed by atoms with Crippen LogP contribution < -0.4 is 5.73 Å². The van der Waals surface area contributed by atoms with Gasteiger partial charge in [-0.3, -0.25) is 4.98 Å². The molecular formula is C19H12FN5S. The quantitative estimate of drug-likeness (QED) is 0.597. The third-order valence-corrected chi connectivity index (χ3v) is 4.93. The lowest BCUT2D eigenvalue weighted by molar-refractivity contribution is 0.604. The number of aromatic nitrogens is 3. The number of thiophene rings is 1. The van der Waals surface area contributed by atoms with Gasteiger partial charge in [0.05, 0.1) is 22.7 Å². The van der Waals surface area contributed by atoms with Crippen molar-refractivity contribution in [2.75, 3.05) is 5.73 Å². The Balaban J connectivity index is 1.76. The topological polar surface area (TPSA) is 88.5 Å². The van der Waals surface area contributed by atoms with Crippen LogP contribution in [0.15, 0.2) is 48.7 Å². The van der Waals surface area contributed by atoms with Crippen molar-refractivity contribution in [1.29, 1.82) is 5.26 Å². The Morgan fingerprint density at radius 3 is 2.85 bits per heavy atom. The van der Waals surface area contributed by atoms with Gasteiger partial charge in [-0.1, -0.05) is 12.1 Å². The lowest BCUT2D eigenvalue weighted by Gasteiger charge is -2.02. The monoisotopic (exact) mass is 361 g/mol. The lowest BCUT2D eigenvalue weighted by atomic mass is 10.1. The Morgan fingerprint density at radius 2 is 2.04 bits per heavy atom. The number of hydrogen-bond donors (Lipinski definition) is 1. The summed E-state index contributed by atoms with van der Waals surface area (Å²) >= 11 is 1.43. The van der Waals surface area contributed by atoms with E-state index >= 15 is 0 Å². The lowest BCUT2D eigenvalue weighted by Crippen LogP contribution is -1.96. The molecule has 0 bridgehead atoms. The second-order valence-corrected chi connectivity index (χ2v) is 6.78. The first-order valence-corrected chi connectivity index (χ1v) is 8.61. The van der Waals surface area contributed by atoms with Gasteiger partial charge in [0.15, 0.2) is 5.82 Å². The fourth-order valence-electron chi connectivity index (χ4n) is 2.65. The van der Waals surface area contributed by atoms with E-state index in [-0.39, 0.29) is 5.82 Å². The zero-order valence-corrected chi connectivity index (χ0v) is 14.3. The number of nitriles is 1. The van der Waals surface area contributed by atoms with Gasteiger partial charge in [-0.05, 0) is 30.3 Å². The number of nitrogens with two attached hydrogens (primary N) is 1. The Morgan fingerprint density at radius 1 is 1.15 bits per heavy atom. The molecule has 1 aromatic carbocycles. The molecule has 0 spiro atoms. The van der Waals surface area contributed by atoms with E-state index in [0.29, 0.717) is 29.3 Å². The van der Waals surface area contributed by atoms with E-state index < -0.39 is 0 Å². The highest BCUT2D eigenvalue weighted by molar-refractivity contribution is 7.18. The van der Waals surface area contributed by atoms with Gasteiger partial charge >= 0.3 is 0 Å². The molecule has 0 aliphatic rings. The Hall–Kier alpha value is -3.37. The van der Waals surface area contributed by atoms with Crippen LogP contribution in [0.25, 0.3) is 21.6 Å². The Labute approximate surface area is 152 Å². The first-order valence-electron chi connectivity index (χ1n) is 7.80. The van der Waals surface area contributed by atoms with Gasteiger partial charge in [0, 0.05) is 23.1 Å². The van der Waals surface area contributed by atoms with Crippen molar-refractivity contribution in [2.24, 2.45) is 0 Å². The summed E-state index contributed by atoms with van der Waals surface area (Å²) in [6.07, 6.45) is 1.94. The highest BCUT2D eigenvalue weighted by Gasteiger charge is 2.13. The third-order valence-electron chi connectivity index (χ3n) is 3.90. The number of fused-ring (bicyclic) bond motifs is 1. The number of benzene rings is 1. The van der Waals surface area contributed by atoms with Gasteiger partial charge in [0.1, 0.15) is 16.5 Å². The smallest absolute Gasteiger partial charge is 0.163 e. The van der Waals surface area contributed by atoms with Crippen LogP contribution in [0.5, 0.6) is 0 Å². The number of anilines is 1. The number of rotatable bonds is 3. The van der Waals surface area contributed by atoms with Crippen LogP contribution in [-0.2, 0) is 6.42 Å². The molecule has 26 heavy (non-hydrogen) atoms. The van der Waals surface area contributed by atoms with Crippen LogP contribution in [0.3, 0.4) is 0 Å². The molecule has 0 aliphatic carbocycles. The van der Waals surface area contributed by atoms with Crippen molar-refractivity contribution >= 4 is 27.4 Å². The van der Waals surface area contributed by atoms with E-state index in [2.05, 4.69) is 21.0 Å². The molecule has 0 saturated heterocycles. The summed E-state index contributed by atoms with van der Waals surface area (Å²) in [7, 11) is 0. The zero-order chi connectivity index (χ0) is 18.1. The molecule has 3 heterocycles. The molecule has 0 saturated carbocycles. The minimum Gasteiger partial charge on any atom is -0.383 e. The molecule has 3 aromatic heterocycles. The molecule has 126 valence electrons. The number of nitrogens with zero attached hydrogens (tertiary/aromatic N) is 4. The molecule has 2 N–H and O–H groups in total. The number of nitrogen functional groups attached to an aromatic ring is 1. The minimum atomic E-state index is -0.335. The van der Waals surface area contributed by atoms with Crippen molar-refractivity contribution < 1.29 is 4.39 Å². The van der Waals surface area contributed by atoms with Crippen molar-refractivity contribution in [3.63, 3.8) is 0 Å². The van der Waals surface area contributed by atoms with E-state index in [0.717, 1.165) is 20.7 Å². The SMILES string of the molecule is N#Cc1cccc(-c2nc(N)c3cc(Cc4ncccc4F)sc3n2)c1. The summed E-state index contributed by atoms with van der Waals surface area (Å²) in [6.45, 7) is 0. The molecule has 0 aliphatic heterocycles. The predicted octanol–water partition coefficient (Wildman–Crippen LogP) is 3.94. The van der Waals surface area contributed by atoms with E-state index in [4.69, 9.17) is 11.0 Å². The Kier molecular flexibility index (Phi) is 4.03. The van der Waals surface area contributed by atoms with Crippen LogP contribution in [0.2, 0.25) is 0 Å². The van der Waals surface area contributed by atoms with Crippen molar-refractivity contribution in [2.45, 2.75) is 6.42 Å². The first-order chi connectivity index (χ1) is 12.6. The largest absolute Gasteiger partial charge is 0.383 e. The van der Waals surface area contributed by atoms with Crippen LogP contribution in [-0.4, -0.2) is 15.0 Å². The summed E-state index contributed by atoms with van der Waals surface area (Å²) in [5.74, 6) is 0.485. The number of halogens is 1. The summed E-state index contributed by atoms with van der Waals surface area (Å²) in [6, 6.07) is 14.0. The molecule has 4 rings (SSSR count). The van der Waals surface area contributed by atoms with Crippen molar-refractivity contribution in [3.05, 3.63) is 70.6 Å². The average Bonchev–Trinajstić information content (AvgIpc) is 3.07. The molecule has 0 unspecified atom stereocenters. The molecule has 0 fully saturated rings. The van der Waals surface area contributed by atoms with E-state index in [1.807, 2.05) is 12.1 Å². The molecule has 4 aromatic rings. The summed E-state index contributed by atoms with van der Waals surface area (Å²) in [5.41, 5.74) is 7.74. The highest BCUT2D eigenvalue weighted by atomic mass is 32.1. The molecule has 0 atom stereocenters. The molecule has 0 amide bonds. The van der Waals surface area contributed by atoms with Gasteiger partial charge in [0.25, 0.3) is 0 Å². The molecular weight excluding hydrogens is 349 g/mol. The molecule has 5 nitrogen and oxygen atoms in total. The average molecular weight is 361 g/mol. The molecule has 7 heteroatoms. The zero-order valence-electron chi connectivity index (χ0n) is 13.5.